The Labute approximate surface area is 142 Å². The Kier molecular flexibility index (Phi) is 5.89. The van der Waals surface area contributed by atoms with Gasteiger partial charge in [0.25, 0.3) is 5.91 Å². The Bertz CT molecular complexity index is 519. The molecule has 1 aliphatic heterocycles. The third kappa shape index (κ3) is 4.67. The molecule has 2 aliphatic rings. The van der Waals surface area contributed by atoms with Gasteiger partial charge in [-0.05, 0) is 45.7 Å². The summed E-state index contributed by atoms with van der Waals surface area (Å²) in [5.41, 5.74) is 0.840. The molecule has 0 atom stereocenters. The van der Waals surface area contributed by atoms with Crippen molar-refractivity contribution in [2.45, 2.75) is 57.9 Å². The summed E-state index contributed by atoms with van der Waals surface area (Å²) in [6.45, 7) is 5.95. The molecule has 0 aromatic carbocycles. The number of carbonyl (C=O) groups excluding carboxylic acids is 1. The average Bonchev–Trinajstić information content (AvgIpc) is 3.18. The van der Waals surface area contributed by atoms with Gasteiger partial charge >= 0.3 is 0 Å². The Morgan fingerprint density at radius 2 is 1.96 bits per heavy atom. The van der Waals surface area contributed by atoms with E-state index in [1.165, 1.54) is 69.4 Å². The largest absolute Gasteiger partial charge is 0.359 e. The van der Waals surface area contributed by atoms with Crippen LogP contribution in [0.15, 0.2) is 0 Å². The summed E-state index contributed by atoms with van der Waals surface area (Å²) in [4.78, 5) is 20.1. The molecule has 1 aromatic rings. The van der Waals surface area contributed by atoms with Crippen LogP contribution in [0.5, 0.6) is 0 Å². The molecule has 5 nitrogen and oxygen atoms in total. The number of carbonyl (C=O) groups is 1. The summed E-state index contributed by atoms with van der Waals surface area (Å²) < 4.78 is 0. The Hall–Kier alpha value is -1.14. The minimum absolute atomic E-state index is 0.0240. The van der Waals surface area contributed by atoms with Crippen LogP contribution in [0.1, 0.15) is 60.3 Å². The Morgan fingerprint density at radius 1 is 1.22 bits per heavy atom. The van der Waals surface area contributed by atoms with Crippen molar-refractivity contribution in [1.82, 2.24) is 15.2 Å². The Morgan fingerprint density at radius 3 is 2.70 bits per heavy atom. The number of rotatable bonds is 6. The molecule has 2 fully saturated rings. The highest BCUT2D eigenvalue weighted by atomic mass is 32.1. The molecule has 1 amide bonds. The fourth-order valence-electron chi connectivity index (χ4n) is 3.50. The predicted octanol–water partition coefficient (Wildman–Crippen LogP) is 3.02. The van der Waals surface area contributed by atoms with Crippen molar-refractivity contribution >= 4 is 22.4 Å². The van der Waals surface area contributed by atoms with E-state index < -0.39 is 0 Å². The maximum absolute atomic E-state index is 12.4. The summed E-state index contributed by atoms with van der Waals surface area (Å²) in [7, 11) is 0. The van der Waals surface area contributed by atoms with Gasteiger partial charge in [0.1, 0.15) is 4.88 Å². The van der Waals surface area contributed by atoms with Crippen LogP contribution in [0.3, 0.4) is 0 Å². The van der Waals surface area contributed by atoms with Crippen LogP contribution in [0.4, 0.5) is 5.13 Å². The van der Waals surface area contributed by atoms with Gasteiger partial charge in [-0.15, -0.1) is 0 Å². The number of aryl methyl sites for hydroxylation is 1. The van der Waals surface area contributed by atoms with Gasteiger partial charge in [-0.2, -0.15) is 0 Å². The van der Waals surface area contributed by atoms with Gasteiger partial charge in [-0.1, -0.05) is 30.6 Å². The summed E-state index contributed by atoms with van der Waals surface area (Å²) in [6, 6.07) is 0.528. The van der Waals surface area contributed by atoms with Crippen molar-refractivity contribution in [2.24, 2.45) is 0 Å². The lowest BCUT2D eigenvalue weighted by molar-refractivity contribution is 0.0953. The van der Waals surface area contributed by atoms with Crippen molar-refractivity contribution in [2.75, 3.05) is 31.5 Å². The number of aromatic nitrogens is 1. The highest BCUT2D eigenvalue weighted by molar-refractivity contribution is 7.17. The predicted molar refractivity (Wildman–Crippen MR) is 95.4 cm³/mol. The first kappa shape index (κ1) is 16.7. The Balaban J connectivity index is 1.49. The zero-order valence-electron chi connectivity index (χ0n) is 14.1. The SMILES string of the molecule is Cc1nc(NC2CCCCC2)sc1C(=O)NCCN1CCCC1. The van der Waals surface area contributed by atoms with E-state index in [9.17, 15) is 4.79 Å². The first-order valence-electron chi connectivity index (χ1n) is 8.97. The number of thiazole rings is 1. The second-order valence-electron chi connectivity index (χ2n) is 6.72. The zero-order valence-corrected chi connectivity index (χ0v) is 14.9. The van der Waals surface area contributed by atoms with Gasteiger partial charge in [0.15, 0.2) is 5.13 Å². The van der Waals surface area contributed by atoms with E-state index in [0.29, 0.717) is 6.04 Å². The highest BCUT2D eigenvalue weighted by Gasteiger charge is 2.19. The lowest BCUT2D eigenvalue weighted by Crippen LogP contribution is -2.33. The van der Waals surface area contributed by atoms with Gasteiger partial charge in [-0.3, -0.25) is 4.79 Å². The molecule has 0 spiro atoms. The molecule has 3 rings (SSSR count). The topological polar surface area (TPSA) is 57.3 Å². The van der Waals surface area contributed by atoms with Crippen LogP contribution in [0.2, 0.25) is 0 Å². The second-order valence-corrected chi connectivity index (χ2v) is 7.72. The maximum Gasteiger partial charge on any atom is 0.263 e. The van der Waals surface area contributed by atoms with Crippen LogP contribution in [0.25, 0.3) is 0 Å². The zero-order chi connectivity index (χ0) is 16.1. The summed E-state index contributed by atoms with van der Waals surface area (Å²) in [6.07, 6.45) is 8.96. The minimum Gasteiger partial charge on any atom is -0.359 e. The average molecular weight is 337 g/mol. The number of hydrogen-bond acceptors (Lipinski definition) is 5. The minimum atomic E-state index is 0.0240. The molecule has 1 aromatic heterocycles. The van der Waals surface area contributed by atoms with E-state index in [0.717, 1.165) is 28.8 Å². The van der Waals surface area contributed by atoms with E-state index in [4.69, 9.17) is 0 Å². The summed E-state index contributed by atoms with van der Waals surface area (Å²) in [5, 5.41) is 7.46. The number of nitrogens with zero attached hydrogens (tertiary/aromatic N) is 2. The first-order valence-corrected chi connectivity index (χ1v) is 9.78. The van der Waals surface area contributed by atoms with Gasteiger partial charge in [0.2, 0.25) is 0 Å². The van der Waals surface area contributed by atoms with Crippen LogP contribution >= 0.6 is 11.3 Å². The van der Waals surface area contributed by atoms with Crippen LogP contribution < -0.4 is 10.6 Å². The molecule has 23 heavy (non-hydrogen) atoms. The lowest BCUT2D eigenvalue weighted by atomic mass is 9.96. The van der Waals surface area contributed by atoms with E-state index >= 15 is 0 Å². The normalized spacial score (nSPS) is 19.9. The van der Waals surface area contributed by atoms with Crippen LogP contribution in [0, 0.1) is 6.92 Å². The van der Waals surface area contributed by atoms with Crippen LogP contribution in [-0.2, 0) is 0 Å². The van der Waals surface area contributed by atoms with E-state index in [-0.39, 0.29) is 5.91 Å². The molecule has 1 aliphatic carbocycles. The number of anilines is 1. The molecule has 2 heterocycles. The van der Waals surface area contributed by atoms with Gasteiger partial charge < -0.3 is 15.5 Å². The molecule has 2 N–H and O–H groups in total. The van der Waals surface area contributed by atoms with Gasteiger partial charge in [0.05, 0.1) is 5.69 Å². The number of nitrogens with one attached hydrogen (secondary N) is 2. The van der Waals surface area contributed by atoms with Crippen molar-refractivity contribution < 1.29 is 4.79 Å². The van der Waals surface area contributed by atoms with Crippen molar-refractivity contribution in [3.8, 4) is 0 Å². The molecule has 0 unspecified atom stereocenters. The van der Waals surface area contributed by atoms with Crippen LogP contribution in [-0.4, -0.2) is 48.0 Å². The maximum atomic E-state index is 12.4. The molecular weight excluding hydrogens is 308 g/mol. The molecule has 1 saturated carbocycles. The van der Waals surface area contributed by atoms with Gasteiger partial charge in [-0.25, -0.2) is 4.98 Å². The summed E-state index contributed by atoms with van der Waals surface area (Å²) >= 11 is 1.50. The third-order valence-corrected chi connectivity index (χ3v) is 5.94. The van der Waals surface area contributed by atoms with Crippen molar-refractivity contribution in [1.29, 1.82) is 0 Å². The first-order chi connectivity index (χ1) is 11.2. The fraction of sp³-hybridized carbons (Fsp3) is 0.765. The third-order valence-electron chi connectivity index (χ3n) is 4.85. The van der Waals surface area contributed by atoms with E-state index in [1.54, 1.807) is 0 Å². The monoisotopic (exact) mass is 336 g/mol. The molecule has 6 heteroatoms. The molecule has 0 bridgehead atoms. The van der Waals surface area contributed by atoms with E-state index in [1.807, 2.05) is 6.92 Å². The molecular formula is C17H28N4OS. The van der Waals surface area contributed by atoms with Crippen molar-refractivity contribution in [3.05, 3.63) is 10.6 Å². The number of hydrogen-bond donors (Lipinski definition) is 2. The number of amides is 1. The summed E-state index contributed by atoms with van der Waals surface area (Å²) in [5.74, 6) is 0.0240. The molecule has 128 valence electrons. The second kappa shape index (κ2) is 8.11. The van der Waals surface area contributed by atoms with Gasteiger partial charge in [0, 0.05) is 19.1 Å². The fourth-order valence-corrected chi connectivity index (χ4v) is 4.46. The highest BCUT2D eigenvalue weighted by Crippen LogP contribution is 2.26. The smallest absolute Gasteiger partial charge is 0.263 e. The lowest BCUT2D eigenvalue weighted by Gasteiger charge is -2.22. The van der Waals surface area contributed by atoms with E-state index in [2.05, 4.69) is 20.5 Å². The standard InChI is InChI=1S/C17H28N4OS/c1-13-15(16(22)18-9-12-21-10-5-6-11-21)23-17(19-13)20-14-7-3-2-4-8-14/h14H,2-12H2,1H3,(H,18,22)(H,19,20). The number of likely N-dealkylation sites (tertiary alicyclic amines) is 1. The quantitative estimate of drug-likeness (QED) is 0.838. The van der Waals surface area contributed by atoms with Crippen molar-refractivity contribution in [3.63, 3.8) is 0 Å². The molecule has 0 radical (unpaired) electrons. The molecule has 1 saturated heterocycles.